The zero-order valence-electron chi connectivity index (χ0n) is 8.88. The van der Waals surface area contributed by atoms with Crippen molar-refractivity contribution >= 4 is 5.91 Å². The van der Waals surface area contributed by atoms with Crippen LogP contribution in [0.4, 0.5) is 0 Å². The monoisotopic (exact) mass is 196 g/mol. The van der Waals surface area contributed by atoms with Crippen molar-refractivity contribution in [1.29, 1.82) is 0 Å². The van der Waals surface area contributed by atoms with Gasteiger partial charge in [0, 0.05) is 13.1 Å². The molecule has 1 amide bonds. The fourth-order valence-electron chi connectivity index (χ4n) is 2.10. The van der Waals surface area contributed by atoms with Crippen LogP contribution in [0.5, 0.6) is 0 Å². The molecule has 80 valence electrons. The summed E-state index contributed by atoms with van der Waals surface area (Å²) in [6.45, 7) is 4.87. The highest BCUT2D eigenvalue weighted by Crippen LogP contribution is 2.31. The van der Waals surface area contributed by atoms with Crippen LogP contribution in [0.3, 0.4) is 0 Å². The highest BCUT2D eigenvalue weighted by Gasteiger charge is 2.29. The Bertz CT molecular complexity index is 213. The van der Waals surface area contributed by atoms with Crippen LogP contribution >= 0.6 is 0 Å². The molecule has 0 radical (unpaired) electrons. The summed E-state index contributed by atoms with van der Waals surface area (Å²) in [6, 6.07) is 0. The van der Waals surface area contributed by atoms with E-state index in [0.717, 1.165) is 25.6 Å². The Morgan fingerprint density at radius 3 is 2.79 bits per heavy atom. The van der Waals surface area contributed by atoms with E-state index in [4.69, 9.17) is 0 Å². The summed E-state index contributed by atoms with van der Waals surface area (Å²) in [6.07, 6.45) is 3.93. The van der Waals surface area contributed by atoms with Crippen LogP contribution in [-0.2, 0) is 4.79 Å². The Balaban J connectivity index is 1.65. The summed E-state index contributed by atoms with van der Waals surface area (Å²) < 4.78 is 0. The van der Waals surface area contributed by atoms with Gasteiger partial charge in [-0.2, -0.15) is 0 Å². The molecule has 2 fully saturated rings. The SMILES string of the molecule is C[C@@H]1CNC[C@H]1C(=O)NCCC1CC1. The number of nitrogens with one attached hydrogen (secondary N) is 2. The van der Waals surface area contributed by atoms with Crippen LogP contribution in [0.15, 0.2) is 0 Å². The third-order valence-electron chi connectivity index (χ3n) is 3.40. The Labute approximate surface area is 85.6 Å². The van der Waals surface area contributed by atoms with Gasteiger partial charge in [0.2, 0.25) is 5.91 Å². The Morgan fingerprint density at radius 1 is 1.43 bits per heavy atom. The fraction of sp³-hybridized carbons (Fsp3) is 0.909. The normalized spacial score (nSPS) is 31.8. The van der Waals surface area contributed by atoms with Crippen LogP contribution in [0, 0.1) is 17.8 Å². The van der Waals surface area contributed by atoms with Crippen molar-refractivity contribution in [1.82, 2.24) is 10.6 Å². The molecule has 0 spiro atoms. The van der Waals surface area contributed by atoms with Gasteiger partial charge in [0.25, 0.3) is 0 Å². The molecule has 2 aliphatic rings. The molecule has 0 unspecified atom stereocenters. The molecule has 0 aromatic carbocycles. The lowest BCUT2D eigenvalue weighted by atomic mass is 9.97. The number of carbonyl (C=O) groups excluding carboxylic acids is 1. The molecule has 1 saturated heterocycles. The molecular formula is C11H20N2O. The van der Waals surface area contributed by atoms with Crippen LogP contribution in [0.2, 0.25) is 0 Å². The van der Waals surface area contributed by atoms with Crippen LogP contribution in [0.25, 0.3) is 0 Å². The topological polar surface area (TPSA) is 41.1 Å². The van der Waals surface area contributed by atoms with E-state index in [1.165, 1.54) is 19.3 Å². The van der Waals surface area contributed by atoms with E-state index in [2.05, 4.69) is 17.6 Å². The molecule has 14 heavy (non-hydrogen) atoms. The predicted octanol–water partition coefficient (Wildman–Crippen LogP) is 0.758. The van der Waals surface area contributed by atoms with Gasteiger partial charge in [0.1, 0.15) is 0 Å². The summed E-state index contributed by atoms with van der Waals surface area (Å²) in [5.74, 6) is 1.86. The highest BCUT2D eigenvalue weighted by molar-refractivity contribution is 5.79. The highest BCUT2D eigenvalue weighted by atomic mass is 16.1. The van der Waals surface area contributed by atoms with Crippen molar-refractivity contribution in [2.24, 2.45) is 17.8 Å². The number of hydrogen-bond donors (Lipinski definition) is 2. The average Bonchev–Trinajstić information content (AvgIpc) is 2.87. The van der Waals surface area contributed by atoms with Crippen LogP contribution < -0.4 is 10.6 Å². The maximum absolute atomic E-state index is 11.7. The molecule has 0 aromatic heterocycles. The van der Waals surface area contributed by atoms with Gasteiger partial charge < -0.3 is 10.6 Å². The quantitative estimate of drug-likeness (QED) is 0.697. The molecule has 1 aliphatic carbocycles. The van der Waals surface area contributed by atoms with Crippen LogP contribution in [0.1, 0.15) is 26.2 Å². The summed E-state index contributed by atoms with van der Waals surface area (Å²) in [4.78, 5) is 11.7. The van der Waals surface area contributed by atoms with E-state index in [1.54, 1.807) is 0 Å². The van der Waals surface area contributed by atoms with Crippen molar-refractivity contribution in [2.45, 2.75) is 26.2 Å². The minimum Gasteiger partial charge on any atom is -0.356 e. The van der Waals surface area contributed by atoms with Crippen molar-refractivity contribution in [2.75, 3.05) is 19.6 Å². The minimum atomic E-state index is 0.203. The number of amides is 1. The maximum atomic E-state index is 11.7. The van der Waals surface area contributed by atoms with E-state index in [-0.39, 0.29) is 11.8 Å². The van der Waals surface area contributed by atoms with Crippen LogP contribution in [-0.4, -0.2) is 25.5 Å². The summed E-state index contributed by atoms with van der Waals surface area (Å²) in [5, 5.41) is 6.30. The predicted molar refractivity (Wildman–Crippen MR) is 55.9 cm³/mol. The molecule has 2 N–H and O–H groups in total. The zero-order valence-corrected chi connectivity index (χ0v) is 8.88. The molecular weight excluding hydrogens is 176 g/mol. The van der Waals surface area contributed by atoms with E-state index < -0.39 is 0 Å². The minimum absolute atomic E-state index is 0.203. The largest absolute Gasteiger partial charge is 0.356 e. The maximum Gasteiger partial charge on any atom is 0.224 e. The molecule has 1 saturated carbocycles. The molecule has 1 heterocycles. The van der Waals surface area contributed by atoms with E-state index in [0.29, 0.717) is 5.92 Å². The third kappa shape index (κ3) is 2.47. The Hall–Kier alpha value is -0.570. The number of carbonyl (C=O) groups is 1. The van der Waals surface area contributed by atoms with Gasteiger partial charge in [0.05, 0.1) is 5.92 Å². The lowest BCUT2D eigenvalue weighted by Gasteiger charge is -2.13. The summed E-state index contributed by atoms with van der Waals surface area (Å²) in [5.41, 5.74) is 0. The lowest BCUT2D eigenvalue weighted by molar-refractivity contribution is -0.125. The molecule has 0 bridgehead atoms. The second kappa shape index (κ2) is 4.30. The van der Waals surface area contributed by atoms with Crippen molar-refractivity contribution < 1.29 is 4.79 Å². The molecule has 2 atom stereocenters. The second-order valence-electron chi connectivity index (χ2n) is 4.77. The first-order chi connectivity index (χ1) is 6.77. The molecule has 0 aromatic rings. The van der Waals surface area contributed by atoms with E-state index >= 15 is 0 Å². The fourth-order valence-corrected chi connectivity index (χ4v) is 2.10. The summed E-state index contributed by atoms with van der Waals surface area (Å²) >= 11 is 0. The van der Waals surface area contributed by atoms with Gasteiger partial charge in [-0.05, 0) is 24.8 Å². The Kier molecular flexibility index (Phi) is 3.06. The molecule has 3 nitrogen and oxygen atoms in total. The standard InChI is InChI=1S/C11H20N2O/c1-8-6-12-7-10(8)11(14)13-5-4-9-2-3-9/h8-10,12H,2-7H2,1H3,(H,13,14)/t8-,10-/m1/s1. The van der Waals surface area contributed by atoms with Gasteiger partial charge in [-0.15, -0.1) is 0 Å². The first kappa shape index (κ1) is 9.97. The second-order valence-corrected chi connectivity index (χ2v) is 4.77. The van der Waals surface area contributed by atoms with Crippen molar-refractivity contribution in [3.05, 3.63) is 0 Å². The first-order valence-electron chi connectivity index (χ1n) is 5.76. The van der Waals surface area contributed by atoms with E-state index in [9.17, 15) is 4.79 Å². The van der Waals surface area contributed by atoms with Gasteiger partial charge in [0.15, 0.2) is 0 Å². The van der Waals surface area contributed by atoms with Crippen molar-refractivity contribution in [3.8, 4) is 0 Å². The first-order valence-corrected chi connectivity index (χ1v) is 5.76. The molecule has 3 heteroatoms. The van der Waals surface area contributed by atoms with Gasteiger partial charge in [-0.25, -0.2) is 0 Å². The third-order valence-corrected chi connectivity index (χ3v) is 3.40. The van der Waals surface area contributed by atoms with Gasteiger partial charge in [-0.1, -0.05) is 19.8 Å². The smallest absolute Gasteiger partial charge is 0.224 e. The molecule has 2 rings (SSSR count). The average molecular weight is 196 g/mol. The number of rotatable bonds is 4. The lowest BCUT2D eigenvalue weighted by Crippen LogP contribution is -2.35. The number of hydrogen-bond acceptors (Lipinski definition) is 2. The summed E-state index contributed by atoms with van der Waals surface area (Å²) in [7, 11) is 0. The zero-order chi connectivity index (χ0) is 9.97. The van der Waals surface area contributed by atoms with Gasteiger partial charge in [-0.3, -0.25) is 4.79 Å². The molecule has 1 aliphatic heterocycles. The van der Waals surface area contributed by atoms with E-state index in [1.807, 2.05) is 0 Å². The van der Waals surface area contributed by atoms with Crippen molar-refractivity contribution in [3.63, 3.8) is 0 Å². The Morgan fingerprint density at radius 2 is 2.21 bits per heavy atom. The van der Waals surface area contributed by atoms with Gasteiger partial charge >= 0.3 is 0 Å².